The molecule has 25 heavy (non-hydrogen) atoms. The Kier molecular flexibility index (Phi) is 3.85. The monoisotopic (exact) mass is 340 g/mol. The maximum absolute atomic E-state index is 8.92. The minimum absolute atomic E-state index is 0.110. The fraction of sp³-hybridized carbons (Fsp3) is 0.375. The van der Waals surface area contributed by atoms with Gasteiger partial charge in [-0.3, -0.25) is 5.10 Å². The zero-order valence-electron chi connectivity index (χ0n) is 13.8. The van der Waals surface area contributed by atoms with E-state index in [2.05, 4.69) is 25.8 Å². The van der Waals surface area contributed by atoms with Crippen LogP contribution in [0.25, 0.3) is 16.8 Å². The quantitative estimate of drug-likeness (QED) is 0.324. The summed E-state index contributed by atoms with van der Waals surface area (Å²) in [5.74, 6) is 0.812. The van der Waals surface area contributed by atoms with Gasteiger partial charge in [-0.25, -0.2) is 4.98 Å². The largest absolute Gasteiger partial charge is 0.411 e. The molecule has 1 aliphatic heterocycles. The van der Waals surface area contributed by atoms with Crippen LogP contribution >= 0.6 is 0 Å². The summed E-state index contributed by atoms with van der Waals surface area (Å²) >= 11 is 0. The van der Waals surface area contributed by atoms with Gasteiger partial charge in [-0.05, 0) is 19.8 Å². The Bertz CT molecular complexity index is 906. The molecule has 0 spiro atoms. The Balaban J connectivity index is 1.66. The van der Waals surface area contributed by atoms with E-state index >= 15 is 0 Å². The fourth-order valence-electron chi connectivity index (χ4n) is 3.35. The van der Waals surface area contributed by atoms with Crippen molar-refractivity contribution in [2.24, 2.45) is 5.16 Å². The average Bonchev–Trinajstić information content (AvgIpc) is 3.30. The van der Waals surface area contributed by atoms with Crippen LogP contribution in [0.15, 0.2) is 29.8 Å². The molecule has 5 N–H and O–H groups in total. The average molecular weight is 340 g/mol. The van der Waals surface area contributed by atoms with E-state index in [0.29, 0.717) is 11.5 Å². The molecule has 0 radical (unpaired) electrons. The molecule has 4 heterocycles. The second-order valence-corrected chi connectivity index (χ2v) is 6.36. The number of fused-ring (bicyclic) bond motifs is 1. The van der Waals surface area contributed by atoms with E-state index in [1.807, 2.05) is 19.2 Å². The summed E-state index contributed by atoms with van der Waals surface area (Å²) in [4.78, 5) is 4.82. The van der Waals surface area contributed by atoms with Gasteiger partial charge in [-0.15, -0.1) is 0 Å². The van der Waals surface area contributed by atoms with Crippen LogP contribution in [0.3, 0.4) is 0 Å². The highest BCUT2D eigenvalue weighted by atomic mass is 16.4. The van der Waals surface area contributed by atoms with E-state index < -0.39 is 0 Å². The molecule has 3 aromatic rings. The van der Waals surface area contributed by atoms with E-state index in [9.17, 15) is 0 Å². The number of rotatable bonds is 3. The number of nitrogens with two attached hydrogens (primary N) is 1. The standard InChI is InChI=1S/C16H20N8O/c1-9(23-25)13-3-2-10(5-18-13)14-4-15(17)24-16(22-14)12(8-21-24)11-6-19-20-7-11/h4,6-8,10,13,18,25H,2-3,5,17H2,1H3,(H,19,20)/b23-9+/t10-,13-/m0/s1. The highest BCUT2D eigenvalue weighted by Crippen LogP contribution is 2.29. The number of anilines is 1. The highest BCUT2D eigenvalue weighted by Gasteiger charge is 2.25. The van der Waals surface area contributed by atoms with E-state index in [0.717, 1.165) is 41.9 Å². The van der Waals surface area contributed by atoms with E-state index in [1.165, 1.54) is 0 Å². The van der Waals surface area contributed by atoms with Crippen LogP contribution in [0.2, 0.25) is 0 Å². The van der Waals surface area contributed by atoms with Crippen molar-refractivity contribution in [2.75, 3.05) is 12.3 Å². The van der Waals surface area contributed by atoms with Crippen LogP contribution in [-0.2, 0) is 0 Å². The third-order valence-corrected chi connectivity index (χ3v) is 4.82. The minimum atomic E-state index is 0.110. The van der Waals surface area contributed by atoms with Gasteiger partial charge >= 0.3 is 0 Å². The minimum Gasteiger partial charge on any atom is -0.411 e. The van der Waals surface area contributed by atoms with Gasteiger partial charge in [-0.2, -0.15) is 14.7 Å². The lowest BCUT2D eigenvalue weighted by atomic mass is 9.90. The molecule has 1 aliphatic rings. The first-order valence-corrected chi connectivity index (χ1v) is 8.22. The van der Waals surface area contributed by atoms with Gasteiger partial charge in [0.1, 0.15) is 5.82 Å². The first-order chi connectivity index (χ1) is 12.2. The first kappa shape index (κ1) is 15.6. The molecule has 130 valence electrons. The van der Waals surface area contributed by atoms with Gasteiger partial charge in [0.25, 0.3) is 0 Å². The van der Waals surface area contributed by atoms with Crippen LogP contribution in [0.1, 0.15) is 31.4 Å². The Morgan fingerprint density at radius 2 is 2.28 bits per heavy atom. The highest BCUT2D eigenvalue weighted by molar-refractivity contribution is 5.86. The second kappa shape index (κ2) is 6.17. The zero-order valence-corrected chi connectivity index (χ0v) is 13.8. The molecule has 0 aliphatic carbocycles. The predicted octanol–water partition coefficient (Wildman–Crippen LogP) is 1.39. The summed E-state index contributed by atoms with van der Waals surface area (Å²) in [5, 5.41) is 26.8. The molecule has 9 heteroatoms. The van der Waals surface area contributed by atoms with Gasteiger partial charge < -0.3 is 16.3 Å². The van der Waals surface area contributed by atoms with Crippen molar-refractivity contribution in [1.29, 1.82) is 0 Å². The number of nitrogen functional groups attached to an aromatic ring is 1. The summed E-state index contributed by atoms with van der Waals surface area (Å²) in [6, 6.07) is 2.00. The maximum atomic E-state index is 8.92. The molecule has 0 saturated carbocycles. The fourth-order valence-corrected chi connectivity index (χ4v) is 3.35. The molecule has 1 fully saturated rings. The third kappa shape index (κ3) is 2.72. The lowest BCUT2D eigenvalue weighted by Crippen LogP contribution is -2.42. The summed E-state index contributed by atoms with van der Waals surface area (Å²) in [6.07, 6.45) is 7.14. The Labute approximate surface area is 143 Å². The summed E-state index contributed by atoms with van der Waals surface area (Å²) in [6.45, 7) is 2.58. The normalized spacial score (nSPS) is 21.7. The van der Waals surface area contributed by atoms with Crippen molar-refractivity contribution in [3.63, 3.8) is 0 Å². The number of nitrogens with one attached hydrogen (secondary N) is 2. The van der Waals surface area contributed by atoms with Gasteiger partial charge in [-0.1, -0.05) is 5.16 Å². The number of aromatic nitrogens is 5. The summed E-state index contributed by atoms with van der Waals surface area (Å²) < 4.78 is 1.65. The molecule has 3 aromatic heterocycles. The number of hydrogen-bond acceptors (Lipinski definition) is 7. The smallest absolute Gasteiger partial charge is 0.165 e. The molecule has 0 unspecified atom stereocenters. The van der Waals surface area contributed by atoms with Crippen molar-refractivity contribution in [3.05, 3.63) is 30.4 Å². The van der Waals surface area contributed by atoms with Gasteiger partial charge in [0.15, 0.2) is 5.65 Å². The van der Waals surface area contributed by atoms with Gasteiger partial charge in [0.05, 0.1) is 23.8 Å². The summed E-state index contributed by atoms with van der Waals surface area (Å²) in [5.41, 5.74) is 10.4. The van der Waals surface area contributed by atoms with Crippen molar-refractivity contribution >= 4 is 17.2 Å². The van der Waals surface area contributed by atoms with Gasteiger partial charge in [0, 0.05) is 41.9 Å². The first-order valence-electron chi connectivity index (χ1n) is 8.22. The second-order valence-electron chi connectivity index (χ2n) is 6.36. The molecular formula is C16H20N8O. The molecule has 0 bridgehead atoms. The van der Waals surface area contributed by atoms with E-state index in [1.54, 1.807) is 16.9 Å². The number of hydrogen-bond donors (Lipinski definition) is 4. The lowest BCUT2D eigenvalue weighted by molar-refractivity contribution is 0.311. The Hall–Kier alpha value is -2.94. The topological polar surface area (TPSA) is 130 Å². The third-order valence-electron chi connectivity index (χ3n) is 4.82. The van der Waals surface area contributed by atoms with Crippen LogP contribution in [0.5, 0.6) is 0 Å². The number of aromatic amines is 1. The van der Waals surface area contributed by atoms with Crippen LogP contribution in [0, 0.1) is 0 Å². The lowest BCUT2D eigenvalue weighted by Gasteiger charge is -2.29. The van der Waals surface area contributed by atoms with E-state index in [-0.39, 0.29) is 12.0 Å². The van der Waals surface area contributed by atoms with Crippen LogP contribution < -0.4 is 11.1 Å². The zero-order chi connectivity index (χ0) is 17.4. The maximum Gasteiger partial charge on any atom is 0.165 e. The molecule has 2 atom stereocenters. The Morgan fingerprint density at radius 3 is 2.96 bits per heavy atom. The number of H-pyrrole nitrogens is 1. The van der Waals surface area contributed by atoms with Crippen LogP contribution in [-0.4, -0.2) is 48.3 Å². The van der Waals surface area contributed by atoms with E-state index in [4.69, 9.17) is 15.9 Å². The molecule has 0 amide bonds. The molecule has 9 nitrogen and oxygen atoms in total. The van der Waals surface area contributed by atoms with Crippen molar-refractivity contribution in [3.8, 4) is 11.1 Å². The van der Waals surface area contributed by atoms with Crippen molar-refractivity contribution < 1.29 is 5.21 Å². The van der Waals surface area contributed by atoms with Crippen molar-refractivity contribution in [2.45, 2.75) is 31.7 Å². The predicted molar refractivity (Wildman–Crippen MR) is 93.6 cm³/mol. The molecule has 1 saturated heterocycles. The SMILES string of the molecule is C/C(=N\O)[C@@H]1CC[C@H](c2cc(N)n3ncc(-c4cn[nH]c4)c3n2)CN1. The number of oxime groups is 1. The molecular weight excluding hydrogens is 320 g/mol. The Morgan fingerprint density at radius 1 is 1.40 bits per heavy atom. The summed E-state index contributed by atoms with van der Waals surface area (Å²) in [7, 11) is 0. The number of piperidine rings is 1. The molecule has 0 aromatic carbocycles. The van der Waals surface area contributed by atoms with Crippen molar-refractivity contribution in [1.82, 2.24) is 30.1 Å². The molecule has 4 rings (SSSR count). The van der Waals surface area contributed by atoms with Gasteiger partial charge in [0.2, 0.25) is 0 Å². The van der Waals surface area contributed by atoms with Crippen LogP contribution in [0.4, 0.5) is 5.82 Å². The number of nitrogens with zero attached hydrogens (tertiary/aromatic N) is 5.